The third-order valence-electron chi connectivity index (χ3n) is 2.61. The predicted octanol–water partition coefficient (Wildman–Crippen LogP) is 0.780. The second-order valence-corrected chi connectivity index (χ2v) is 4.16. The maximum absolute atomic E-state index is 8.62. The molecule has 0 unspecified atom stereocenters. The molecule has 0 aromatic rings. The molecule has 0 radical (unpaired) electrons. The molecule has 1 heterocycles. The summed E-state index contributed by atoms with van der Waals surface area (Å²) in [5.41, 5.74) is 0. The van der Waals surface area contributed by atoms with Crippen LogP contribution in [0.3, 0.4) is 0 Å². The summed E-state index contributed by atoms with van der Waals surface area (Å²) >= 11 is 4.20. The number of hydrogen-bond acceptors (Lipinski definition) is 4. The highest BCUT2D eigenvalue weighted by Crippen LogP contribution is 2.13. The number of likely N-dealkylation sites (tertiary alicyclic amines) is 1. The minimum Gasteiger partial charge on any atom is -0.394 e. The monoisotopic (exact) mass is 219 g/mol. The number of nitrogens with zero attached hydrogens (tertiary/aromatic N) is 1. The number of rotatable bonds is 6. The summed E-state index contributed by atoms with van der Waals surface area (Å²) in [5, 5.41) is 8.62. The lowest BCUT2D eigenvalue weighted by Crippen LogP contribution is -2.37. The molecule has 0 spiro atoms. The molecule has 0 atom stereocenters. The predicted molar refractivity (Wildman–Crippen MR) is 61.0 cm³/mol. The van der Waals surface area contributed by atoms with E-state index in [1.54, 1.807) is 0 Å². The van der Waals surface area contributed by atoms with E-state index in [-0.39, 0.29) is 6.61 Å². The van der Waals surface area contributed by atoms with Crippen LogP contribution in [0.1, 0.15) is 19.3 Å². The van der Waals surface area contributed by atoms with Crippen molar-refractivity contribution in [3.63, 3.8) is 0 Å². The van der Waals surface area contributed by atoms with Gasteiger partial charge in [-0.1, -0.05) is 0 Å². The first kappa shape index (κ1) is 12.3. The molecule has 0 amide bonds. The number of hydrogen-bond donors (Lipinski definition) is 2. The molecule has 84 valence electrons. The third kappa shape index (κ3) is 4.64. The Morgan fingerprint density at radius 2 is 2.07 bits per heavy atom. The summed E-state index contributed by atoms with van der Waals surface area (Å²) in [6.07, 6.45) is 3.75. The molecule has 1 aliphatic heterocycles. The molecule has 1 aliphatic rings. The highest BCUT2D eigenvalue weighted by atomic mass is 32.1. The molecule has 4 heteroatoms. The lowest BCUT2D eigenvalue weighted by Gasteiger charge is -2.31. The van der Waals surface area contributed by atoms with Crippen molar-refractivity contribution in [2.45, 2.75) is 25.4 Å². The second kappa shape index (κ2) is 7.51. The van der Waals surface area contributed by atoms with Gasteiger partial charge in [0.1, 0.15) is 0 Å². The van der Waals surface area contributed by atoms with Crippen LogP contribution in [0, 0.1) is 0 Å². The zero-order chi connectivity index (χ0) is 10.2. The first-order valence-corrected chi connectivity index (χ1v) is 6.05. The third-order valence-corrected chi connectivity index (χ3v) is 2.93. The van der Waals surface area contributed by atoms with Gasteiger partial charge in [0.05, 0.1) is 19.3 Å². The van der Waals surface area contributed by atoms with Crippen molar-refractivity contribution in [1.29, 1.82) is 0 Å². The van der Waals surface area contributed by atoms with E-state index in [2.05, 4.69) is 17.5 Å². The number of ether oxygens (including phenoxy) is 1. The first-order chi connectivity index (χ1) is 6.86. The van der Waals surface area contributed by atoms with Crippen LogP contribution in [0.15, 0.2) is 0 Å². The van der Waals surface area contributed by atoms with E-state index in [0.717, 1.165) is 38.2 Å². The molecule has 14 heavy (non-hydrogen) atoms. The van der Waals surface area contributed by atoms with Crippen molar-refractivity contribution in [2.75, 3.05) is 38.6 Å². The molecule has 1 N–H and O–H groups in total. The van der Waals surface area contributed by atoms with Crippen LogP contribution in [0.5, 0.6) is 0 Å². The minimum atomic E-state index is 0.139. The van der Waals surface area contributed by atoms with Gasteiger partial charge in [0.15, 0.2) is 0 Å². The summed E-state index contributed by atoms with van der Waals surface area (Å²) in [6, 6.07) is 0. The van der Waals surface area contributed by atoms with Crippen molar-refractivity contribution < 1.29 is 9.84 Å². The van der Waals surface area contributed by atoms with E-state index in [1.165, 1.54) is 6.42 Å². The quantitative estimate of drug-likeness (QED) is 0.648. The Kier molecular flexibility index (Phi) is 6.60. The van der Waals surface area contributed by atoms with Gasteiger partial charge in [-0.3, -0.25) is 0 Å². The minimum absolute atomic E-state index is 0.139. The summed E-state index contributed by atoms with van der Waals surface area (Å²) in [5.74, 6) is 0.973. The maximum atomic E-state index is 8.62. The molecule has 1 fully saturated rings. The molecule has 0 bridgehead atoms. The van der Waals surface area contributed by atoms with Gasteiger partial charge in [0.2, 0.25) is 0 Å². The van der Waals surface area contributed by atoms with Gasteiger partial charge in [-0.2, -0.15) is 12.6 Å². The van der Waals surface area contributed by atoms with E-state index in [1.807, 2.05) is 0 Å². The maximum Gasteiger partial charge on any atom is 0.0701 e. The Hall–Kier alpha value is 0.230. The standard InChI is InChI=1S/C10H21NO2S/c12-7-8-13-10-2-5-11(6-3-10)4-1-9-14/h10,12,14H,1-9H2. The van der Waals surface area contributed by atoms with Gasteiger partial charge in [0.25, 0.3) is 0 Å². The molecule has 0 aromatic heterocycles. The normalized spacial score (nSPS) is 20.1. The number of aliphatic hydroxyl groups excluding tert-OH is 1. The van der Waals surface area contributed by atoms with E-state index >= 15 is 0 Å². The smallest absolute Gasteiger partial charge is 0.0701 e. The lowest BCUT2D eigenvalue weighted by molar-refractivity contribution is -0.00758. The van der Waals surface area contributed by atoms with Crippen molar-refractivity contribution in [2.24, 2.45) is 0 Å². The van der Waals surface area contributed by atoms with E-state index in [0.29, 0.717) is 12.7 Å². The Morgan fingerprint density at radius 1 is 1.36 bits per heavy atom. The van der Waals surface area contributed by atoms with E-state index in [9.17, 15) is 0 Å². The summed E-state index contributed by atoms with van der Waals surface area (Å²) in [6.45, 7) is 4.05. The molecular formula is C10H21NO2S. The molecule has 1 saturated heterocycles. The Balaban J connectivity index is 2.05. The lowest BCUT2D eigenvalue weighted by atomic mass is 10.1. The van der Waals surface area contributed by atoms with Crippen LogP contribution in [-0.2, 0) is 4.74 Å². The van der Waals surface area contributed by atoms with Gasteiger partial charge in [0, 0.05) is 13.1 Å². The highest BCUT2D eigenvalue weighted by molar-refractivity contribution is 7.80. The summed E-state index contributed by atoms with van der Waals surface area (Å²) < 4.78 is 5.49. The molecule has 1 rings (SSSR count). The molecular weight excluding hydrogens is 198 g/mol. The number of aliphatic hydroxyl groups is 1. The SMILES string of the molecule is OCCOC1CCN(CCCS)CC1. The highest BCUT2D eigenvalue weighted by Gasteiger charge is 2.18. The largest absolute Gasteiger partial charge is 0.394 e. The fourth-order valence-electron chi connectivity index (χ4n) is 1.81. The van der Waals surface area contributed by atoms with Crippen LogP contribution < -0.4 is 0 Å². The first-order valence-electron chi connectivity index (χ1n) is 5.42. The van der Waals surface area contributed by atoms with E-state index < -0.39 is 0 Å². The van der Waals surface area contributed by atoms with Crippen LogP contribution in [0.4, 0.5) is 0 Å². The molecule has 0 aliphatic carbocycles. The Bertz CT molecular complexity index is 122. The van der Waals surface area contributed by atoms with Gasteiger partial charge in [-0.05, 0) is 31.6 Å². The zero-order valence-corrected chi connectivity index (χ0v) is 9.59. The Labute approximate surface area is 91.8 Å². The molecule has 3 nitrogen and oxygen atoms in total. The average Bonchev–Trinajstić information content (AvgIpc) is 2.25. The fraction of sp³-hybridized carbons (Fsp3) is 1.00. The second-order valence-electron chi connectivity index (χ2n) is 3.71. The van der Waals surface area contributed by atoms with Crippen molar-refractivity contribution in [1.82, 2.24) is 4.90 Å². The van der Waals surface area contributed by atoms with Gasteiger partial charge in [-0.15, -0.1) is 0 Å². The summed E-state index contributed by atoms with van der Waals surface area (Å²) in [4.78, 5) is 2.47. The summed E-state index contributed by atoms with van der Waals surface area (Å²) in [7, 11) is 0. The topological polar surface area (TPSA) is 32.7 Å². The van der Waals surface area contributed by atoms with Gasteiger partial charge < -0.3 is 14.7 Å². The number of piperidine rings is 1. The van der Waals surface area contributed by atoms with Crippen molar-refractivity contribution >= 4 is 12.6 Å². The van der Waals surface area contributed by atoms with Crippen molar-refractivity contribution in [3.8, 4) is 0 Å². The van der Waals surface area contributed by atoms with Crippen LogP contribution >= 0.6 is 12.6 Å². The van der Waals surface area contributed by atoms with Gasteiger partial charge in [-0.25, -0.2) is 0 Å². The van der Waals surface area contributed by atoms with E-state index in [4.69, 9.17) is 9.84 Å². The van der Waals surface area contributed by atoms with Gasteiger partial charge >= 0.3 is 0 Å². The Morgan fingerprint density at radius 3 is 2.64 bits per heavy atom. The molecule has 0 saturated carbocycles. The van der Waals surface area contributed by atoms with Crippen LogP contribution in [0.25, 0.3) is 0 Å². The fourth-order valence-corrected chi connectivity index (χ4v) is 1.95. The van der Waals surface area contributed by atoms with Crippen molar-refractivity contribution in [3.05, 3.63) is 0 Å². The molecule has 0 aromatic carbocycles. The zero-order valence-electron chi connectivity index (χ0n) is 8.69. The number of thiol groups is 1. The van der Waals surface area contributed by atoms with Crippen LogP contribution in [-0.4, -0.2) is 54.7 Å². The van der Waals surface area contributed by atoms with Crippen LogP contribution in [0.2, 0.25) is 0 Å². The average molecular weight is 219 g/mol.